The van der Waals surface area contributed by atoms with Crippen LogP contribution in [-0.2, 0) is 20.7 Å². The summed E-state index contributed by atoms with van der Waals surface area (Å²) >= 11 is 1.46. The van der Waals surface area contributed by atoms with Gasteiger partial charge in [0.2, 0.25) is 0 Å². The monoisotopic (exact) mass is 331 g/mol. The van der Waals surface area contributed by atoms with Crippen LogP contribution >= 0.6 is 11.3 Å². The van der Waals surface area contributed by atoms with E-state index in [0.717, 1.165) is 4.88 Å². The maximum Gasteiger partial charge on any atom is 0.311 e. The number of carbonyl (C=O) groups is 3. The van der Waals surface area contributed by atoms with Crippen LogP contribution in [0.1, 0.15) is 29.1 Å². The number of benzene rings is 1. The van der Waals surface area contributed by atoms with Crippen molar-refractivity contribution in [1.29, 1.82) is 0 Å². The average Bonchev–Trinajstić information content (AvgIpc) is 3.00. The van der Waals surface area contributed by atoms with Gasteiger partial charge in [-0.3, -0.25) is 14.4 Å². The Hall–Kier alpha value is -2.47. The minimum atomic E-state index is -0.913. The number of thiophene rings is 1. The standard InChI is InChI=1S/C17H17NO4S/c1-11(19)13-5-3-6-14(9-13)18-17(21)12(2)22-16(20)10-15-7-4-8-23-15/h3-9,12H,10H2,1-2H3,(H,18,21)/t12-/m1/s1. The van der Waals surface area contributed by atoms with Gasteiger partial charge in [-0.25, -0.2) is 0 Å². The average molecular weight is 331 g/mol. The molecule has 23 heavy (non-hydrogen) atoms. The number of Topliss-reactive ketones (excluding diaryl/α,β-unsaturated/α-hetero) is 1. The molecule has 0 fully saturated rings. The first-order valence-electron chi connectivity index (χ1n) is 7.09. The Kier molecular flexibility index (Phi) is 5.65. The maximum atomic E-state index is 12.1. The first-order chi connectivity index (χ1) is 11.0. The summed E-state index contributed by atoms with van der Waals surface area (Å²) in [7, 11) is 0. The SMILES string of the molecule is CC(=O)c1cccc(NC(=O)[C@@H](C)OC(=O)Cc2cccs2)c1. The molecule has 1 aromatic heterocycles. The lowest BCUT2D eigenvalue weighted by Gasteiger charge is -2.13. The molecule has 1 aromatic carbocycles. The Labute approximate surface area is 138 Å². The van der Waals surface area contributed by atoms with Crippen LogP contribution in [0.4, 0.5) is 5.69 Å². The molecule has 0 aliphatic rings. The van der Waals surface area contributed by atoms with E-state index in [0.29, 0.717) is 11.3 Å². The summed E-state index contributed by atoms with van der Waals surface area (Å²) < 4.78 is 5.12. The lowest BCUT2D eigenvalue weighted by molar-refractivity contribution is -0.152. The van der Waals surface area contributed by atoms with Crippen LogP contribution in [-0.4, -0.2) is 23.8 Å². The zero-order chi connectivity index (χ0) is 16.8. The van der Waals surface area contributed by atoms with Gasteiger partial charge in [-0.2, -0.15) is 0 Å². The van der Waals surface area contributed by atoms with Crippen LogP contribution in [0.3, 0.4) is 0 Å². The van der Waals surface area contributed by atoms with Crippen molar-refractivity contribution in [1.82, 2.24) is 0 Å². The highest BCUT2D eigenvalue weighted by atomic mass is 32.1. The number of ketones is 1. The molecule has 0 aliphatic carbocycles. The molecule has 2 aromatic rings. The molecular formula is C17H17NO4S. The zero-order valence-corrected chi connectivity index (χ0v) is 13.7. The number of nitrogens with one attached hydrogen (secondary N) is 1. The summed E-state index contributed by atoms with van der Waals surface area (Å²) in [5.74, 6) is -0.977. The van der Waals surface area contributed by atoms with Crippen molar-refractivity contribution >= 4 is 34.7 Å². The first kappa shape index (κ1) is 16.9. The molecule has 1 heterocycles. The van der Waals surface area contributed by atoms with Gasteiger partial charge >= 0.3 is 5.97 Å². The predicted octanol–water partition coefficient (Wildman–Crippen LogP) is 3.06. The fourth-order valence-corrected chi connectivity index (χ4v) is 2.60. The number of esters is 1. The molecule has 0 saturated carbocycles. The Balaban J connectivity index is 1.90. The third-order valence-electron chi connectivity index (χ3n) is 3.11. The van der Waals surface area contributed by atoms with Crippen molar-refractivity contribution in [3.63, 3.8) is 0 Å². The van der Waals surface area contributed by atoms with Crippen molar-refractivity contribution in [3.05, 3.63) is 52.2 Å². The first-order valence-corrected chi connectivity index (χ1v) is 7.97. The van der Waals surface area contributed by atoms with Crippen LogP contribution in [0, 0.1) is 0 Å². The third-order valence-corrected chi connectivity index (χ3v) is 3.99. The molecule has 0 spiro atoms. The second-order valence-electron chi connectivity index (χ2n) is 5.01. The molecule has 2 rings (SSSR count). The van der Waals surface area contributed by atoms with Gasteiger partial charge in [-0.1, -0.05) is 18.2 Å². The zero-order valence-electron chi connectivity index (χ0n) is 12.9. The fraction of sp³-hybridized carbons (Fsp3) is 0.235. The van der Waals surface area contributed by atoms with Gasteiger partial charge in [-0.05, 0) is 37.4 Å². The van der Waals surface area contributed by atoms with E-state index < -0.39 is 18.0 Å². The highest BCUT2D eigenvalue weighted by molar-refractivity contribution is 7.10. The van der Waals surface area contributed by atoms with Crippen molar-refractivity contribution < 1.29 is 19.1 Å². The van der Waals surface area contributed by atoms with Crippen molar-refractivity contribution in [2.45, 2.75) is 26.4 Å². The summed E-state index contributed by atoms with van der Waals surface area (Å²) in [5, 5.41) is 4.51. The van der Waals surface area contributed by atoms with Gasteiger partial charge in [0.25, 0.3) is 5.91 Å². The summed E-state index contributed by atoms with van der Waals surface area (Å²) in [6.07, 6.45) is -0.766. The van der Waals surface area contributed by atoms with E-state index in [1.54, 1.807) is 24.3 Å². The number of rotatable bonds is 6. The van der Waals surface area contributed by atoms with Gasteiger partial charge in [0.05, 0.1) is 6.42 Å². The molecule has 120 valence electrons. The molecule has 0 unspecified atom stereocenters. The molecule has 0 radical (unpaired) electrons. The summed E-state index contributed by atoms with van der Waals surface area (Å²) in [5.41, 5.74) is 0.994. The van der Waals surface area contributed by atoms with E-state index in [2.05, 4.69) is 5.32 Å². The molecule has 0 aliphatic heterocycles. The van der Waals surface area contributed by atoms with Crippen LogP contribution in [0.15, 0.2) is 41.8 Å². The van der Waals surface area contributed by atoms with Crippen molar-refractivity contribution in [2.75, 3.05) is 5.32 Å². The number of ether oxygens (including phenoxy) is 1. The van der Waals surface area contributed by atoms with Gasteiger partial charge < -0.3 is 10.1 Å². The molecule has 1 N–H and O–H groups in total. The highest BCUT2D eigenvalue weighted by Gasteiger charge is 2.18. The van der Waals surface area contributed by atoms with Crippen LogP contribution in [0.25, 0.3) is 0 Å². The number of anilines is 1. The molecule has 0 bridgehead atoms. The topological polar surface area (TPSA) is 72.5 Å². The van der Waals surface area contributed by atoms with Gasteiger partial charge in [-0.15, -0.1) is 11.3 Å². The van der Waals surface area contributed by atoms with Crippen molar-refractivity contribution in [2.24, 2.45) is 0 Å². The largest absolute Gasteiger partial charge is 0.452 e. The van der Waals surface area contributed by atoms with Gasteiger partial charge in [0.1, 0.15) is 0 Å². The normalized spacial score (nSPS) is 11.6. The minimum Gasteiger partial charge on any atom is -0.452 e. The van der Waals surface area contributed by atoms with E-state index in [-0.39, 0.29) is 12.2 Å². The summed E-state index contributed by atoms with van der Waals surface area (Å²) in [4.78, 5) is 36.1. The number of amides is 1. The van der Waals surface area contributed by atoms with E-state index in [1.807, 2.05) is 17.5 Å². The van der Waals surface area contributed by atoms with Crippen LogP contribution in [0.2, 0.25) is 0 Å². The highest BCUT2D eigenvalue weighted by Crippen LogP contribution is 2.13. The summed E-state index contributed by atoms with van der Waals surface area (Å²) in [6, 6.07) is 10.3. The summed E-state index contributed by atoms with van der Waals surface area (Å²) in [6.45, 7) is 2.96. The van der Waals surface area contributed by atoms with E-state index in [9.17, 15) is 14.4 Å². The Morgan fingerprint density at radius 2 is 2.00 bits per heavy atom. The van der Waals surface area contributed by atoms with Crippen LogP contribution < -0.4 is 5.32 Å². The van der Waals surface area contributed by atoms with Crippen LogP contribution in [0.5, 0.6) is 0 Å². The minimum absolute atomic E-state index is 0.0866. The van der Waals surface area contributed by atoms with E-state index >= 15 is 0 Å². The lowest BCUT2D eigenvalue weighted by Crippen LogP contribution is -2.30. The third kappa shape index (κ3) is 5.03. The molecule has 1 atom stereocenters. The van der Waals surface area contributed by atoms with Crippen molar-refractivity contribution in [3.8, 4) is 0 Å². The Morgan fingerprint density at radius 1 is 1.22 bits per heavy atom. The Bertz CT molecular complexity index is 709. The van der Waals surface area contributed by atoms with E-state index in [4.69, 9.17) is 4.74 Å². The smallest absolute Gasteiger partial charge is 0.311 e. The van der Waals surface area contributed by atoms with E-state index in [1.165, 1.54) is 25.2 Å². The predicted molar refractivity (Wildman–Crippen MR) is 88.7 cm³/mol. The quantitative estimate of drug-likeness (QED) is 0.652. The van der Waals surface area contributed by atoms with Gasteiger partial charge in [0, 0.05) is 16.1 Å². The fourth-order valence-electron chi connectivity index (χ4n) is 1.91. The number of carbonyl (C=O) groups excluding carboxylic acids is 3. The maximum absolute atomic E-state index is 12.1. The molecular weight excluding hydrogens is 314 g/mol. The number of hydrogen-bond acceptors (Lipinski definition) is 5. The number of hydrogen-bond donors (Lipinski definition) is 1. The molecule has 5 nitrogen and oxygen atoms in total. The lowest BCUT2D eigenvalue weighted by atomic mass is 10.1. The van der Waals surface area contributed by atoms with Gasteiger partial charge in [0.15, 0.2) is 11.9 Å². The molecule has 0 saturated heterocycles. The molecule has 1 amide bonds. The molecule has 6 heteroatoms. The second kappa shape index (κ2) is 7.69. The Morgan fingerprint density at radius 3 is 2.65 bits per heavy atom. The second-order valence-corrected chi connectivity index (χ2v) is 6.05.